The van der Waals surface area contributed by atoms with E-state index in [9.17, 15) is 4.79 Å². The first-order valence-electron chi connectivity index (χ1n) is 5.37. The summed E-state index contributed by atoms with van der Waals surface area (Å²) in [5.41, 5.74) is 15.7. The van der Waals surface area contributed by atoms with Gasteiger partial charge in [-0.05, 0) is 12.1 Å². The molecule has 2 rings (SSSR count). The zero-order chi connectivity index (χ0) is 17.1. The van der Waals surface area contributed by atoms with E-state index in [0.717, 1.165) is 0 Å². The lowest BCUT2D eigenvalue weighted by molar-refractivity contribution is 0.0697. The smallest absolute Gasteiger partial charge is 0.335 e. The van der Waals surface area contributed by atoms with Crippen molar-refractivity contribution in [3.63, 3.8) is 0 Å². The first-order valence-corrected chi connectivity index (χ1v) is 6.50. The van der Waals surface area contributed by atoms with Gasteiger partial charge in [-0.2, -0.15) is 15.0 Å². The Balaban J connectivity index is 0.000000326. The number of nitrogen functional groups attached to an aromatic ring is 3. The number of aromatic nitrogens is 3. The number of benzene rings is 1. The number of carbonyl (C=O) groups is 1. The molecule has 0 aliphatic heterocycles. The SMILES string of the molecule is NS(=O)[O-].Nc1nc(N)nc(N)n1.O=C(O)c1ccccc1. The van der Waals surface area contributed by atoms with E-state index in [-0.39, 0.29) is 17.8 Å². The van der Waals surface area contributed by atoms with E-state index in [1.54, 1.807) is 30.3 Å². The molecule has 0 radical (unpaired) electrons. The summed E-state index contributed by atoms with van der Waals surface area (Å²) in [5, 5.41) is 12.4. The minimum Gasteiger partial charge on any atom is -0.760 e. The third-order valence-electron chi connectivity index (χ3n) is 1.71. The predicted molar refractivity (Wildman–Crippen MR) is 79.6 cm³/mol. The van der Waals surface area contributed by atoms with Gasteiger partial charge in [-0.1, -0.05) is 18.2 Å². The van der Waals surface area contributed by atoms with Gasteiger partial charge in [-0.3, -0.25) is 9.35 Å². The summed E-state index contributed by atoms with van der Waals surface area (Å²) in [7, 11) is 0. The fourth-order valence-electron chi connectivity index (χ4n) is 1.01. The van der Waals surface area contributed by atoms with Crippen LogP contribution in [0.2, 0.25) is 0 Å². The molecule has 12 heteroatoms. The van der Waals surface area contributed by atoms with E-state index < -0.39 is 17.2 Å². The number of nitrogens with two attached hydrogens (primary N) is 4. The van der Waals surface area contributed by atoms with Crippen LogP contribution in [0, 0.1) is 0 Å². The van der Waals surface area contributed by atoms with E-state index in [1.807, 2.05) is 0 Å². The van der Waals surface area contributed by atoms with Crippen LogP contribution in [0.5, 0.6) is 0 Å². The maximum atomic E-state index is 10.2. The molecule has 1 atom stereocenters. The number of nitrogens with zero attached hydrogens (tertiary/aromatic N) is 3. The Morgan fingerprint density at radius 2 is 1.32 bits per heavy atom. The summed E-state index contributed by atoms with van der Waals surface area (Å²) in [6, 6.07) is 8.30. The fourth-order valence-corrected chi connectivity index (χ4v) is 1.01. The Morgan fingerprint density at radius 3 is 1.55 bits per heavy atom. The highest BCUT2D eigenvalue weighted by molar-refractivity contribution is 7.76. The molecule has 0 bridgehead atoms. The number of hydrogen-bond acceptors (Lipinski definition) is 9. The van der Waals surface area contributed by atoms with Gasteiger partial charge in [-0.15, -0.1) is 0 Å². The summed E-state index contributed by atoms with van der Waals surface area (Å²) in [5.74, 6) is -0.754. The van der Waals surface area contributed by atoms with Gasteiger partial charge in [0.2, 0.25) is 17.8 Å². The molecule has 120 valence electrons. The molecule has 0 saturated heterocycles. The van der Waals surface area contributed by atoms with Gasteiger partial charge in [0.1, 0.15) is 0 Å². The molecule has 0 saturated carbocycles. The second-order valence-electron chi connectivity index (χ2n) is 3.34. The molecule has 22 heavy (non-hydrogen) atoms. The van der Waals surface area contributed by atoms with Crippen molar-refractivity contribution in [2.24, 2.45) is 5.14 Å². The third kappa shape index (κ3) is 10.0. The summed E-state index contributed by atoms with van der Waals surface area (Å²) in [4.78, 5) is 20.7. The molecule has 0 spiro atoms. The molecule has 1 aromatic heterocycles. The van der Waals surface area contributed by atoms with Crippen LogP contribution >= 0.6 is 0 Å². The fraction of sp³-hybridized carbons (Fsp3) is 0. The van der Waals surface area contributed by atoms with Gasteiger partial charge in [0, 0.05) is 11.3 Å². The Labute approximate surface area is 127 Å². The van der Waals surface area contributed by atoms with Crippen molar-refractivity contribution in [2.45, 2.75) is 0 Å². The van der Waals surface area contributed by atoms with Crippen LogP contribution in [-0.4, -0.2) is 34.8 Å². The maximum absolute atomic E-state index is 10.2. The quantitative estimate of drug-likeness (QED) is 0.391. The van der Waals surface area contributed by atoms with E-state index in [2.05, 4.69) is 20.1 Å². The molecule has 0 fully saturated rings. The largest absolute Gasteiger partial charge is 0.760 e. The van der Waals surface area contributed by atoms with E-state index in [4.69, 9.17) is 31.1 Å². The first-order chi connectivity index (χ1) is 10.2. The molecule has 1 unspecified atom stereocenters. The van der Waals surface area contributed by atoms with Crippen molar-refractivity contribution in [1.82, 2.24) is 15.0 Å². The average Bonchev–Trinajstić information content (AvgIpc) is 2.38. The molecule has 1 heterocycles. The molecule has 0 aliphatic carbocycles. The molecule has 9 N–H and O–H groups in total. The van der Waals surface area contributed by atoms with Crippen molar-refractivity contribution >= 4 is 35.1 Å². The highest BCUT2D eigenvalue weighted by atomic mass is 32.2. The lowest BCUT2D eigenvalue weighted by atomic mass is 10.2. The standard InChI is InChI=1S/C7H6O2.C3H6N6.H3NO2S/c8-7(9)6-4-2-1-3-5-6;4-1-7-2(5)9-3(6)8-1;1-4(2)3/h1-5H,(H,8,9);(H6,4,5,6,7,8,9);1H2,(H,2,3)/p-1. The number of rotatable bonds is 1. The van der Waals surface area contributed by atoms with Crippen molar-refractivity contribution in [3.8, 4) is 0 Å². The van der Waals surface area contributed by atoms with E-state index in [1.165, 1.54) is 0 Å². The topological polar surface area (TPSA) is 220 Å². The van der Waals surface area contributed by atoms with Gasteiger partial charge in [0.15, 0.2) is 0 Å². The van der Waals surface area contributed by atoms with Crippen LogP contribution in [0.1, 0.15) is 10.4 Å². The number of aromatic carboxylic acids is 1. The van der Waals surface area contributed by atoms with Crippen LogP contribution < -0.4 is 22.3 Å². The Kier molecular flexibility index (Phi) is 8.69. The molecule has 11 nitrogen and oxygen atoms in total. The van der Waals surface area contributed by atoms with Crippen LogP contribution in [0.3, 0.4) is 0 Å². The normalized spacial score (nSPS) is 10.3. The highest BCUT2D eigenvalue weighted by Crippen LogP contribution is 1.97. The highest BCUT2D eigenvalue weighted by Gasteiger charge is 1.96. The van der Waals surface area contributed by atoms with Crippen LogP contribution in [0.15, 0.2) is 30.3 Å². The van der Waals surface area contributed by atoms with Crippen molar-refractivity contribution in [1.29, 1.82) is 0 Å². The van der Waals surface area contributed by atoms with Crippen molar-refractivity contribution in [2.75, 3.05) is 17.2 Å². The number of carboxylic acid groups (broad SMARTS) is 1. The van der Waals surface area contributed by atoms with E-state index >= 15 is 0 Å². The minimum absolute atomic E-state index is 0.0417. The van der Waals surface area contributed by atoms with Crippen molar-refractivity contribution < 1.29 is 18.7 Å². The summed E-state index contributed by atoms with van der Waals surface area (Å²) >= 11 is -2.36. The monoisotopic (exact) mass is 328 g/mol. The van der Waals surface area contributed by atoms with Crippen molar-refractivity contribution in [3.05, 3.63) is 35.9 Å². The maximum Gasteiger partial charge on any atom is 0.335 e. The zero-order valence-electron chi connectivity index (χ0n) is 11.1. The Bertz CT molecular complexity index is 571. The molecule has 0 aliphatic rings. The third-order valence-corrected chi connectivity index (χ3v) is 1.71. The molecule has 2 aromatic rings. The van der Waals surface area contributed by atoms with Gasteiger partial charge < -0.3 is 26.9 Å². The minimum atomic E-state index is -2.36. The van der Waals surface area contributed by atoms with Gasteiger partial charge in [0.25, 0.3) is 0 Å². The van der Waals surface area contributed by atoms with Crippen LogP contribution in [0.4, 0.5) is 17.8 Å². The van der Waals surface area contributed by atoms with E-state index in [0.29, 0.717) is 5.56 Å². The summed E-state index contributed by atoms with van der Waals surface area (Å²) in [6.07, 6.45) is 0. The Morgan fingerprint density at radius 1 is 1.00 bits per heavy atom. The zero-order valence-corrected chi connectivity index (χ0v) is 11.9. The lowest BCUT2D eigenvalue weighted by Crippen LogP contribution is -2.05. The van der Waals surface area contributed by atoms with Gasteiger partial charge >= 0.3 is 5.97 Å². The molecule has 1 aromatic carbocycles. The summed E-state index contributed by atoms with van der Waals surface area (Å²) in [6.45, 7) is 0. The lowest BCUT2D eigenvalue weighted by Gasteiger charge is -1.93. The predicted octanol–water partition coefficient (Wildman–Crippen LogP) is -1.26. The summed E-state index contributed by atoms with van der Waals surface area (Å²) < 4.78 is 17.6. The van der Waals surface area contributed by atoms with Gasteiger partial charge in [-0.25, -0.2) is 4.79 Å². The number of anilines is 3. The molecular weight excluding hydrogens is 314 g/mol. The molecule has 0 amide bonds. The first kappa shape index (κ1) is 19.2. The number of hydrogen-bond donors (Lipinski definition) is 5. The second kappa shape index (κ2) is 9.98. The Hall–Kier alpha value is -2.83. The number of carboxylic acids is 1. The second-order valence-corrected chi connectivity index (χ2v) is 3.86. The molecular formula is C10H14N7O4S-. The van der Waals surface area contributed by atoms with Crippen LogP contribution in [-0.2, 0) is 11.3 Å². The average molecular weight is 328 g/mol. The van der Waals surface area contributed by atoms with Gasteiger partial charge in [0.05, 0.1) is 5.56 Å². The van der Waals surface area contributed by atoms with Crippen LogP contribution in [0.25, 0.3) is 0 Å².